The first-order valence-corrected chi connectivity index (χ1v) is 18.1. The molecule has 4 aliphatic heterocycles. The lowest BCUT2D eigenvalue weighted by Gasteiger charge is -2.15. The third-order valence-electron chi connectivity index (χ3n) is 7.51. The van der Waals surface area contributed by atoms with Gasteiger partial charge in [0.05, 0.1) is 17.9 Å². The maximum atomic E-state index is 13.0. The van der Waals surface area contributed by atoms with Crippen molar-refractivity contribution in [3.05, 3.63) is 101 Å². The van der Waals surface area contributed by atoms with Crippen LogP contribution in [0, 0.1) is 0 Å². The van der Waals surface area contributed by atoms with Crippen molar-refractivity contribution < 1.29 is 39.7 Å². The Labute approximate surface area is 319 Å². The monoisotopic (exact) mass is 936 g/mol. The molecular weight excluding hydrogens is 912 g/mol. The summed E-state index contributed by atoms with van der Waals surface area (Å²) in [5.74, 6) is -0.435. The zero-order chi connectivity index (χ0) is 35.9. The molecule has 16 heteroatoms. The molecule has 4 heterocycles. The van der Waals surface area contributed by atoms with Crippen LogP contribution in [0.2, 0.25) is 0 Å². The zero-order valence-electron chi connectivity index (χ0n) is 25.8. The Hall–Kier alpha value is -4.12. The van der Waals surface area contributed by atoms with Crippen molar-refractivity contribution in [1.82, 2.24) is 10.6 Å². The highest BCUT2D eigenvalue weighted by atomic mass is 79.9. The van der Waals surface area contributed by atoms with Gasteiger partial charge >= 0.3 is 0 Å². The minimum absolute atomic E-state index is 0.0255. The molecule has 0 aromatic heterocycles. The summed E-state index contributed by atoms with van der Waals surface area (Å²) in [5, 5.41) is 52.6. The Morgan fingerprint density at radius 2 is 1.08 bits per heavy atom. The van der Waals surface area contributed by atoms with E-state index in [9.17, 15) is 30.2 Å². The molecule has 6 N–H and O–H groups in total. The number of rotatable bonds is 0. The molecule has 0 atom stereocenters. The van der Waals surface area contributed by atoms with Crippen molar-refractivity contribution in [1.29, 1.82) is 0 Å². The van der Waals surface area contributed by atoms with Crippen LogP contribution in [0.15, 0.2) is 88.9 Å². The number of oxime groups is 2. The van der Waals surface area contributed by atoms with Gasteiger partial charge in [-0.2, -0.15) is 0 Å². The molecule has 260 valence electrons. The average molecular weight is 940 g/mol. The number of amides is 2. The van der Waals surface area contributed by atoms with Crippen molar-refractivity contribution >= 4 is 87.0 Å². The smallest absolute Gasteiger partial charge is 0.269 e. The van der Waals surface area contributed by atoms with E-state index in [0.29, 0.717) is 48.9 Å². The SMILES string of the molecule is O=C1NCCc2ccc(O)c(c2)Oc2ccc(cc2Br)CCNC(=O)/C(=N/O)Cc2cc(Br)c(O)c(c2)Oc2c(Br)cc(cc2Br)C/C1=N\O. The largest absolute Gasteiger partial charge is 0.504 e. The van der Waals surface area contributed by atoms with E-state index < -0.39 is 11.8 Å². The number of phenolic OH excluding ortho intramolecular Hbond substituents is 2. The molecular formula is C34H28Br4N4O8. The van der Waals surface area contributed by atoms with Crippen LogP contribution in [-0.4, -0.2) is 57.0 Å². The second-order valence-corrected chi connectivity index (χ2v) is 14.5. The predicted molar refractivity (Wildman–Crippen MR) is 199 cm³/mol. The highest BCUT2D eigenvalue weighted by molar-refractivity contribution is 9.11. The molecule has 0 saturated heterocycles. The molecule has 2 amide bonds. The molecule has 0 unspecified atom stereocenters. The predicted octanol–water partition coefficient (Wildman–Crippen LogP) is 7.51. The molecule has 8 rings (SSSR count). The van der Waals surface area contributed by atoms with Crippen LogP contribution in [0.5, 0.6) is 34.5 Å². The minimum atomic E-state index is -0.581. The second kappa shape index (κ2) is 16.7. The Kier molecular flexibility index (Phi) is 12.4. The number of hydrogen-bond donors (Lipinski definition) is 6. The van der Waals surface area contributed by atoms with Gasteiger partial charge < -0.3 is 40.7 Å². The molecule has 0 fully saturated rings. The first-order valence-electron chi connectivity index (χ1n) is 14.9. The summed E-state index contributed by atoms with van der Waals surface area (Å²) in [5.41, 5.74) is 2.44. The Morgan fingerprint density at radius 1 is 0.580 bits per heavy atom. The van der Waals surface area contributed by atoms with E-state index in [4.69, 9.17) is 9.47 Å². The first kappa shape index (κ1) is 37.1. The van der Waals surface area contributed by atoms with Gasteiger partial charge in [0.15, 0.2) is 28.7 Å². The van der Waals surface area contributed by atoms with E-state index in [1.54, 1.807) is 36.4 Å². The van der Waals surface area contributed by atoms with Gasteiger partial charge in [0.1, 0.15) is 17.2 Å². The number of hydrogen-bond acceptors (Lipinski definition) is 10. The second-order valence-electron chi connectivity index (χ2n) is 11.0. The summed E-state index contributed by atoms with van der Waals surface area (Å²) in [4.78, 5) is 25.9. The maximum Gasteiger partial charge on any atom is 0.269 e. The molecule has 50 heavy (non-hydrogen) atoms. The van der Waals surface area contributed by atoms with Gasteiger partial charge in [-0.15, -0.1) is 0 Å². The third-order valence-corrected chi connectivity index (χ3v) is 9.91. The summed E-state index contributed by atoms with van der Waals surface area (Å²) in [6.07, 6.45) is 0.727. The number of halogens is 4. The van der Waals surface area contributed by atoms with Gasteiger partial charge in [0.2, 0.25) is 0 Å². The van der Waals surface area contributed by atoms with Gasteiger partial charge in [-0.3, -0.25) is 9.59 Å². The average Bonchev–Trinajstić information content (AvgIpc) is 3.08. The molecule has 4 aromatic rings. The van der Waals surface area contributed by atoms with Crippen LogP contribution in [0.1, 0.15) is 22.3 Å². The summed E-state index contributed by atoms with van der Waals surface area (Å²) in [6.45, 7) is 0.447. The van der Waals surface area contributed by atoms with E-state index in [0.717, 1.165) is 11.1 Å². The highest BCUT2D eigenvalue weighted by Gasteiger charge is 2.21. The third kappa shape index (κ3) is 9.15. The molecule has 0 spiro atoms. The van der Waals surface area contributed by atoms with Crippen LogP contribution < -0.4 is 20.1 Å². The number of nitrogens with zero attached hydrogens (tertiary/aromatic N) is 2. The Balaban J connectivity index is 1.46. The molecule has 0 radical (unpaired) electrons. The van der Waals surface area contributed by atoms with Crippen LogP contribution >= 0.6 is 63.7 Å². The lowest BCUT2D eigenvalue weighted by Crippen LogP contribution is -2.33. The van der Waals surface area contributed by atoms with Gasteiger partial charge in [0.25, 0.3) is 11.8 Å². The van der Waals surface area contributed by atoms with Gasteiger partial charge in [0, 0.05) is 25.9 Å². The standard InChI is InChI=1S/C34H28Br4N4O8/c35-21-9-17-2-4-28(21)49-29-15-18(1-3-27(29)43)6-8-40-33(45)25(41-47)13-19-11-23(37)32(24(38)12-19)50-30-16-20(10-22(36)31(30)44)14-26(42-48)34(46)39-7-5-17/h1-4,9-12,15-16,43-44,47-48H,5-8,13-14H2,(H,39,46)(H,40,45)/b41-25+,42-26+. The van der Waals surface area contributed by atoms with Crippen molar-refractivity contribution in [2.45, 2.75) is 25.7 Å². The number of benzene rings is 4. The summed E-state index contributed by atoms with van der Waals surface area (Å²) in [6, 6.07) is 16.7. The van der Waals surface area contributed by atoms with E-state index in [-0.39, 0.29) is 64.8 Å². The normalized spacial score (nSPS) is 16.2. The lowest BCUT2D eigenvalue weighted by molar-refractivity contribution is -0.115. The van der Waals surface area contributed by atoms with Gasteiger partial charge in [-0.25, -0.2) is 0 Å². The topological polar surface area (TPSA) is 182 Å². The van der Waals surface area contributed by atoms with Crippen LogP contribution in [-0.2, 0) is 35.3 Å². The van der Waals surface area contributed by atoms with Crippen molar-refractivity contribution in [3.63, 3.8) is 0 Å². The number of carbonyl (C=O) groups is 2. The summed E-state index contributed by atoms with van der Waals surface area (Å²) >= 11 is 13.8. The molecule has 8 bridgehead atoms. The molecule has 4 aromatic carbocycles. The first-order chi connectivity index (χ1) is 23.9. The fraction of sp³-hybridized carbons (Fsp3) is 0.176. The number of phenols is 2. The summed E-state index contributed by atoms with van der Waals surface area (Å²) < 4.78 is 13.9. The number of aromatic hydroxyl groups is 2. The highest BCUT2D eigenvalue weighted by Crippen LogP contribution is 2.43. The van der Waals surface area contributed by atoms with E-state index in [1.165, 1.54) is 12.1 Å². The van der Waals surface area contributed by atoms with E-state index in [2.05, 4.69) is 84.7 Å². The lowest BCUT2D eigenvalue weighted by atomic mass is 10.1. The Morgan fingerprint density at radius 3 is 1.66 bits per heavy atom. The quantitative estimate of drug-likeness (QED) is 0.0774. The number of carbonyl (C=O) groups excluding carboxylic acids is 2. The van der Waals surface area contributed by atoms with Crippen molar-refractivity contribution in [2.75, 3.05) is 13.1 Å². The summed E-state index contributed by atoms with van der Waals surface area (Å²) in [7, 11) is 0. The van der Waals surface area contributed by atoms with Crippen LogP contribution in [0.25, 0.3) is 0 Å². The van der Waals surface area contributed by atoms with E-state index >= 15 is 0 Å². The molecule has 0 aliphatic carbocycles. The molecule has 12 nitrogen and oxygen atoms in total. The van der Waals surface area contributed by atoms with Gasteiger partial charge in [-0.05, 0) is 147 Å². The fourth-order valence-corrected chi connectivity index (χ4v) is 7.42. The molecule has 4 aliphatic rings. The van der Waals surface area contributed by atoms with E-state index in [1.807, 2.05) is 12.1 Å². The maximum absolute atomic E-state index is 13.0. The molecule has 0 saturated carbocycles. The van der Waals surface area contributed by atoms with Crippen LogP contribution in [0.3, 0.4) is 0 Å². The van der Waals surface area contributed by atoms with Crippen molar-refractivity contribution in [3.8, 4) is 34.5 Å². The minimum Gasteiger partial charge on any atom is -0.504 e. The Bertz CT molecular complexity index is 2000. The number of nitrogens with one attached hydrogen (secondary N) is 2. The fourth-order valence-electron chi connectivity index (χ4n) is 4.98. The zero-order valence-corrected chi connectivity index (χ0v) is 32.2. The van der Waals surface area contributed by atoms with Crippen LogP contribution in [0.4, 0.5) is 0 Å². The number of ether oxygens (including phenoxy) is 2. The van der Waals surface area contributed by atoms with Gasteiger partial charge in [-0.1, -0.05) is 22.4 Å². The van der Waals surface area contributed by atoms with Crippen molar-refractivity contribution in [2.24, 2.45) is 10.3 Å².